The van der Waals surface area contributed by atoms with Crippen LogP contribution in [0, 0.1) is 6.92 Å². The van der Waals surface area contributed by atoms with Crippen LogP contribution in [-0.2, 0) is 14.2 Å². The molecule has 11 nitrogen and oxygen atoms in total. The lowest BCUT2D eigenvalue weighted by atomic mass is 9.98. The third-order valence-corrected chi connectivity index (χ3v) is 6.29. The smallest absolute Gasteiger partial charge is 0.229 e. The Bertz CT molecular complexity index is 818. The quantitative estimate of drug-likeness (QED) is 0.283. The molecular weight excluding hydrogens is 452 g/mol. The van der Waals surface area contributed by atoms with Gasteiger partial charge in [0.1, 0.15) is 54.2 Å². The number of aryl methyl sites for hydroxylation is 1. The molecule has 1 aromatic carbocycles. The molecule has 0 bridgehead atoms. The Hall–Kier alpha value is -1.54. The SMILES string of the molecule is COc1cc(C)c(OC2OC(COC3OC(C)C(O)C(O)C3O)C(O)C(O)C2O)cc1C(C)C. The predicted octanol–water partition coefficient (Wildman–Crippen LogP) is -0.842. The van der Waals surface area contributed by atoms with E-state index in [2.05, 4.69) is 0 Å². The van der Waals surface area contributed by atoms with Gasteiger partial charge in [-0.1, -0.05) is 13.8 Å². The van der Waals surface area contributed by atoms with Gasteiger partial charge >= 0.3 is 0 Å². The lowest BCUT2D eigenvalue weighted by Gasteiger charge is -2.42. The Kier molecular flexibility index (Phi) is 8.77. The van der Waals surface area contributed by atoms with Crippen molar-refractivity contribution in [1.82, 2.24) is 0 Å². The van der Waals surface area contributed by atoms with Crippen LogP contribution in [0.25, 0.3) is 0 Å². The molecule has 0 amide bonds. The normalized spacial score (nSPS) is 38.7. The second kappa shape index (κ2) is 11.0. The minimum absolute atomic E-state index is 0.127. The van der Waals surface area contributed by atoms with Crippen LogP contribution in [0.15, 0.2) is 12.1 Å². The summed E-state index contributed by atoms with van der Waals surface area (Å²) < 4.78 is 27.9. The standard InChI is InChI=1S/C23H36O11/c1-9(2)12-7-13(10(3)6-14(12)30-5)33-23-21(29)19(27)17(25)15(34-23)8-31-22-20(28)18(26)16(24)11(4)32-22/h6-7,9,11,15-29H,8H2,1-5H3. The van der Waals surface area contributed by atoms with Crippen molar-refractivity contribution in [1.29, 1.82) is 0 Å². The third kappa shape index (κ3) is 5.48. The summed E-state index contributed by atoms with van der Waals surface area (Å²) in [7, 11) is 1.57. The monoisotopic (exact) mass is 488 g/mol. The molecule has 0 radical (unpaired) electrons. The Morgan fingerprint density at radius 1 is 0.824 bits per heavy atom. The number of benzene rings is 1. The summed E-state index contributed by atoms with van der Waals surface area (Å²) in [6, 6.07) is 3.58. The van der Waals surface area contributed by atoms with E-state index in [0.29, 0.717) is 17.1 Å². The largest absolute Gasteiger partial charge is 0.496 e. The first-order chi connectivity index (χ1) is 16.0. The molecule has 2 aliphatic rings. The van der Waals surface area contributed by atoms with E-state index in [1.54, 1.807) is 26.2 Å². The zero-order valence-electron chi connectivity index (χ0n) is 19.9. The average Bonchev–Trinajstić information content (AvgIpc) is 2.80. The maximum Gasteiger partial charge on any atom is 0.229 e. The van der Waals surface area contributed by atoms with Gasteiger partial charge in [-0.25, -0.2) is 0 Å². The summed E-state index contributed by atoms with van der Waals surface area (Å²) in [5.41, 5.74) is 1.60. The summed E-state index contributed by atoms with van der Waals surface area (Å²) in [4.78, 5) is 0. The number of rotatable bonds is 7. The molecule has 194 valence electrons. The minimum Gasteiger partial charge on any atom is -0.496 e. The van der Waals surface area contributed by atoms with Gasteiger partial charge in [-0.2, -0.15) is 0 Å². The number of aliphatic hydroxyl groups is 6. The molecule has 11 heteroatoms. The van der Waals surface area contributed by atoms with Gasteiger partial charge in [0.2, 0.25) is 6.29 Å². The van der Waals surface area contributed by atoms with Crippen molar-refractivity contribution < 1.29 is 54.3 Å². The van der Waals surface area contributed by atoms with Crippen LogP contribution in [0.2, 0.25) is 0 Å². The van der Waals surface area contributed by atoms with Gasteiger partial charge in [-0.3, -0.25) is 0 Å². The van der Waals surface area contributed by atoms with E-state index in [4.69, 9.17) is 23.7 Å². The number of hydrogen-bond acceptors (Lipinski definition) is 11. The summed E-state index contributed by atoms with van der Waals surface area (Å²) >= 11 is 0. The second-order valence-electron chi connectivity index (χ2n) is 9.16. The van der Waals surface area contributed by atoms with E-state index in [0.717, 1.165) is 5.56 Å². The van der Waals surface area contributed by atoms with Crippen molar-refractivity contribution in [2.24, 2.45) is 0 Å². The van der Waals surface area contributed by atoms with Crippen molar-refractivity contribution in [3.05, 3.63) is 23.3 Å². The van der Waals surface area contributed by atoms with Crippen molar-refractivity contribution >= 4 is 0 Å². The fraction of sp³-hybridized carbons (Fsp3) is 0.739. The minimum atomic E-state index is -1.60. The molecule has 2 fully saturated rings. The zero-order valence-corrected chi connectivity index (χ0v) is 19.9. The average molecular weight is 489 g/mol. The van der Waals surface area contributed by atoms with Gasteiger partial charge in [0.25, 0.3) is 0 Å². The van der Waals surface area contributed by atoms with Gasteiger partial charge in [0.05, 0.1) is 19.8 Å². The molecule has 2 saturated heterocycles. The van der Waals surface area contributed by atoms with E-state index in [1.807, 2.05) is 13.8 Å². The van der Waals surface area contributed by atoms with Crippen LogP contribution < -0.4 is 9.47 Å². The number of hydrogen-bond donors (Lipinski definition) is 6. The molecule has 0 spiro atoms. The second-order valence-corrected chi connectivity index (χ2v) is 9.16. The lowest BCUT2D eigenvalue weighted by Crippen LogP contribution is -2.61. The van der Waals surface area contributed by atoms with Crippen LogP contribution >= 0.6 is 0 Å². The van der Waals surface area contributed by atoms with E-state index >= 15 is 0 Å². The van der Waals surface area contributed by atoms with Gasteiger partial charge in [0.15, 0.2) is 6.29 Å². The molecule has 10 unspecified atom stereocenters. The number of aliphatic hydroxyl groups excluding tert-OH is 6. The zero-order chi connectivity index (χ0) is 25.3. The fourth-order valence-electron chi connectivity index (χ4n) is 4.05. The van der Waals surface area contributed by atoms with Gasteiger partial charge in [0, 0.05) is 5.56 Å². The Morgan fingerprint density at radius 2 is 1.44 bits per heavy atom. The maximum atomic E-state index is 10.5. The number of methoxy groups -OCH3 is 1. The molecule has 3 rings (SSSR count). The van der Waals surface area contributed by atoms with Crippen LogP contribution in [0.1, 0.15) is 37.8 Å². The van der Waals surface area contributed by atoms with E-state index < -0.39 is 61.4 Å². The van der Waals surface area contributed by atoms with Gasteiger partial charge in [-0.15, -0.1) is 0 Å². The first-order valence-electron chi connectivity index (χ1n) is 11.3. The Balaban J connectivity index is 1.72. The van der Waals surface area contributed by atoms with Gasteiger partial charge in [-0.05, 0) is 37.5 Å². The predicted molar refractivity (Wildman–Crippen MR) is 117 cm³/mol. The van der Waals surface area contributed by atoms with Crippen molar-refractivity contribution in [3.8, 4) is 11.5 Å². The molecule has 0 aromatic heterocycles. The Morgan fingerprint density at radius 3 is 2.06 bits per heavy atom. The first-order valence-corrected chi connectivity index (χ1v) is 11.3. The summed E-state index contributed by atoms with van der Waals surface area (Å²) in [6.45, 7) is 6.94. The molecule has 6 N–H and O–H groups in total. The van der Waals surface area contributed by atoms with Gasteiger partial charge < -0.3 is 54.3 Å². The van der Waals surface area contributed by atoms with Crippen LogP contribution in [0.4, 0.5) is 0 Å². The van der Waals surface area contributed by atoms with E-state index in [9.17, 15) is 30.6 Å². The molecule has 0 aliphatic carbocycles. The molecule has 34 heavy (non-hydrogen) atoms. The lowest BCUT2D eigenvalue weighted by molar-refractivity contribution is -0.318. The molecule has 0 saturated carbocycles. The summed E-state index contributed by atoms with van der Waals surface area (Å²) in [5.74, 6) is 1.23. The highest BCUT2D eigenvalue weighted by molar-refractivity contribution is 5.47. The van der Waals surface area contributed by atoms with E-state index in [-0.39, 0.29) is 12.5 Å². The van der Waals surface area contributed by atoms with E-state index in [1.165, 1.54) is 6.92 Å². The number of ether oxygens (including phenoxy) is 5. The highest BCUT2D eigenvalue weighted by atomic mass is 16.7. The Labute approximate surface area is 198 Å². The summed E-state index contributed by atoms with van der Waals surface area (Å²) in [6.07, 6.45) is -13.6. The summed E-state index contributed by atoms with van der Waals surface area (Å²) in [5, 5.41) is 61.1. The highest BCUT2D eigenvalue weighted by Gasteiger charge is 2.47. The molecular formula is C23H36O11. The maximum absolute atomic E-state index is 10.5. The van der Waals surface area contributed by atoms with Crippen LogP contribution in [0.3, 0.4) is 0 Å². The topological polar surface area (TPSA) is 168 Å². The molecule has 2 heterocycles. The van der Waals surface area contributed by atoms with Crippen LogP contribution in [0.5, 0.6) is 11.5 Å². The van der Waals surface area contributed by atoms with Crippen molar-refractivity contribution in [3.63, 3.8) is 0 Å². The van der Waals surface area contributed by atoms with Crippen molar-refractivity contribution in [2.45, 2.75) is 95.0 Å². The molecule has 1 aromatic rings. The first kappa shape index (κ1) is 27.1. The third-order valence-electron chi connectivity index (χ3n) is 6.29. The van der Waals surface area contributed by atoms with Crippen LogP contribution in [-0.4, -0.2) is 106 Å². The highest BCUT2D eigenvalue weighted by Crippen LogP contribution is 2.35. The fourth-order valence-corrected chi connectivity index (χ4v) is 4.05. The van der Waals surface area contributed by atoms with Crippen molar-refractivity contribution in [2.75, 3.05) is 13.7 Å². The molecule has 10 atom stereocenters. The molecule has 2 aliphatic heterocycles.